The largest absolute Gasteiger partial charge is 0.494 e. The number of carbonyl (C=O) groups excluding carboxylic acids is 1. The standard InChI is InChI=1S/C17H25NO4/c1-4-11-22-14-7-5-13(6-8-14)15(19)9-10-18-16(12(2)3)17(20)21/h5-8,12,16,18H,4,9-11H2,1-3H3,(H,20,21)/t16-/m1/s1. The predicted octanol–water partition coefficient (Wildman–Crippen LogP) is 2.75. The molecule has 1 aromatic carbocycles. The molecule has 0 aliphatic carbocycles. The van der Waals surface area contributed by atoms with Crippen molar-refractivity contribution in [3.63, 3.8) is 0 Å². The summed E-state index contributed by atoms with van der Waals surface area (Å²) in [6.45, 7) is 6.71. The van der Waals surface area contributed by atoms with Crippen molar-refractivity contribution >= 4 is 11.8 Å². The van der Waals surface area contributed by atoms with E-state index >= 15 is 0 Å². The Morgan fingerprint density at radius 1 is 1.23 bits per heavy atom. The SMILES string of the molecule is CCCOc1ccc(C(=O)CCN[C@@H](C(=O)O)C(C)C)cc1. The lowest BCUT2D eigenvalue weighted by Crippen LogP contribution is -2.41. The average molecular weight is 307 g/mol. The van der Waals surface area contributed by atoms with Gasteiger partial charge in [0.05, 0.1) is 6.61 Å². The summed E-state index contributed by atoms with van der Waals surface area (Å²) < 4.78 is 5.47. The second-order valence-electron chi connectivity index (χ2n) is 5.56. The van der Waals surface area contributed by atoms with Gasteiger partial charge in [-0.2, -0.15) is 0 Å². The van der Waals surface area contributed by atoms with E-state index in [2.05, 4.69) is 5.32 Å². The molecule has 0 heterocycles. The minimum absolute atomic E-state index is 0.0116. The zero-order valence-electron chi connectivity index (χ0n) is 13.5. The molecule has 22 heavy (non-hydrogen) atoms. The smallest absolute Gasteiger partial charge is 0.320 e. The Morgan fingerprint density at radius 3 is 2.36 bits per heavy atom. The maximum atomic E-state index is 12.1. The molecule has 5 heteroatoms. The number of hydrogen-bond acceptors (Lipinski definition) is 4. The van der Waals surface area contributed by atoms with E-state index in [1.54, 1.807) is 24.3 Å². The van der Waals surface area contributed by atoms with Gasteiger partial charge < -0.3 is 15.2 Å². The van der Waals surface area contributed by atoms with Gasteiger partial charge in [-0.15, -0.1) is 0 Å². The molecule has 0 saturated heterocycles. The molecule has 1 rings (SSSR count). The zero-order valence-corrected chi connectivity index (χ0v) is 13.5. The fraction of sp³-hybridized carbons (Fsp3) is 0.529. The first kappa shape index (κ1) is 18.2. The van der Waals surface area contributed by atoms with Crippen LogP contribution in [0.2, 0.25) is 0 Å². The van der Waals surface area contributed by atoms with Crippen molar-refractivity contribution < 1.29 is 19.4 Å². The number of carboxylic acids is 1. The second-order valence-corrected chi connectivity index (χ2v) is 5.56. The topological polar surface area (TPSA) is 75.6 Å². The number of carboxylic acid groups (broad SMARTS) is 1. The van der Waals surface area contributed by atoms with Crippen LogP contribution in [0.15, 0.2) is 24.3 Å². The van der Waals surface area contributed by atoms with Gasteiger partial charge in [-0.25, -0.2) is 0 Å². The Hall–Kier alpha value is -1.88. The van der Waals surface area contributed by atoms with E-state index in [9.17, 15) is 9.59 Å². The third-order valence-electron chi connectivity index (χ3n) is 3.30. The molecule has 0 aromatic heterocycles. The van der Waals surface area contributed by atoms with Gasteiger partial charge in [-0.3, -0.25) is 9.59 Å². The van der Waals surface area contributed by atoms with Crippen LogP contribution in [0.3, 0.4) is 0 Å². The van der Waals surface area contributed by atoms with Crippen LogP contribution in [0.4, 0.5) is 0 Å². The molecule has 1 atom stereocenters. The lowest BCUT2D eigenvalue weighted by atomic mass is 10.0. The van der Waals surface area contributed by atoms with Crippen LogP contribution in [-0.2, 0) is 4.79 Å². The summed E-state index contributed by atoms with van der Waals surface area (Å²) in [5.41, 5.74) is 0.613. The summed E-state index contributed by atoms with van der Waals surface area (Å²) >= 11 is 0. The van der Waals surface area contributed by atoms with Crippen LogP contribution in [0.5, 0.6) is 5.75 Å². The molecule has 0 radical (unpaired) electrons. The van der Waals surface area contributed by atoms with E-state index in [1.807, 2.05) is 20.8 Å². The summed E-state index contributed by atoms with van der Waals surface area (Å²) in [6, 6.07) is 6.42. The van der Waals surface area contributed by atoms with E-state index in [1.165, 1.54) is 0 Å². The molecule has 5 nitrogen and oxygen atoms in total. The number of Topliss-reactive ketones (excluding diaryl/α,β-unsaturated/α-hetero) is 1. The first-order valence-corrected chi connectivity index (χ1v) is 7.68. The van der Waals surface area contributed by atoms with Gasteiger partial charge >= 0.3 is 5.97 Å². The van der Waals surface area contributed by atoms with Gasteiger partial charge in [0, 0.05) is 18.5 Å². The highest BCUT2D eigenvalue weighted by Gasteiger charge is 2.20. The maximum absolute atomic E-state index is 12.1. The number of nitrogens with one attached hydrogen (secondary N) is 1. The normalized spacial score (nSPS) is 12.2. The highest BCUT2D eigenvalue weighted by Crippen LogP contribution is 2.13. The predicted molar refractivity (Wildman–Crippen MR) is 85.4 cm³/mol. The molecular formula is C17H25NO4. The number of rotatable bonds is 10. The van der Waals surface area contributed by atoms with Gasteiger partial charge in [0.1, 0.15) is 11.8 Å². The molecular weight excluding hydrogens is 282 g/mol. The third kappa shape index (κ3) is 5.85. The van der Waals surface area contributed by atoms with E-state index in [0.717, 1.165) is 12.2 Å². The van der Waals surface area contributed by atoms with Crippen LogP contribution in [-0.4, -0.2) is 36.1 Å². The molecule has 0 aliphatic heterocycles. The molecule has 2 N–H and O–H groups in total. The van der Waals surface area contributed by atoms with E-state index in [4.69, 9.17) is 9.84 Å². The fourth-order valence-electron chi connectivity index (χ4n) is 2.05. The van der Waals surface area contributed by atoms with Crippen LogP contribution in [0.1, 0.15) is 44.0 Å². The van der Waals surface area contributed by atoms with E-state index in [-0.39, 0.29) is 18.1 Å². The van der Waals surface area contributed by atoms with Crippen LogP contribution >= 0.6 is 0 Å². The van der Waals surface area contributed by atoms with Crippen LogP contribution in [0, 0.1) is 5.92 Å². The van der Waals surface area contributed by atoms with Crippen molar-refractivity contribution in [2.75, 3.05) is 13.2 Å². The van der Waals surface area contributed by atoms with Crippen LogP contribution < -0.4 is 10.1 Å². The minimum Gasteiger partial charge on any atom is -0.494 e. The van der Waals surface area contributed by atoms with Crippen molar-refractivity contribution in [3.8, 4) is 5.75 Å². The highest BCUT2D eigenvalue weighted by molar-refractivity contribution is 5.96. The Bertz CT molecular complexity index is 482. The van der Waals surface area contributed by atoms with E-state index < -0.39 is 12.0 Å². The highest BCUT2D eigenvalue weighted by atomic mass is 16.5. The molecule has 0 saturated carbocycles. The Kier molecular flexibility index (Phi) is 7.60. The van der Waals surface area contributed by atoms with Gasteiger partial charge in [0.15, 0.2) is 5.78 Å². The minimum atomic E-state index is -0.889. The summed E-state index contributed by atoms with van der Waals surface area (Å²) in [4.78, 5) is 23.1. The molecule has 0 spiro atoms. The summed E-state index contributed by atoms with van der Waals surface area (Å²) in [7, 11) is 0. The van der Waals surface area contributed by atoms with Gasteiger partial charge in [-0.1, -0.05) is 20.8 Å². The van der Waals surface area contributed by atoms with Crippen molar-refractivity contribution in [2.24, 2.45) is 5.92 Å². The number of aliphatic carboxylic acids is 1. The monoisotopic (exact) mass is 307 g/mol. The number of carbonyl (C=O) groups is 2. The second kappa shape index (κ2) is 9.20. The Labute approximate surface area is 131 Å². The molecule has 0 amide bonds. The third-order valence-corrected chi connectivity index (χ3v) is 3.30. The number of hydrogen-bond donors (Lipinski definition) is 2. The van der Waals surface area contributed by atoms with Gasteiger partial charge in [0.25, 0.3) is 0 Å². The number of ketones is 1. The fourth-order valence-corrected chi connectivity index (χ4v) is 2.05. The lowest BCUT2D eigenvalue weighted by molar-refractivity contribution is -0.140. The summed E-state index contributed by atoms with van der Waals surface area (Å²) in [5.74, 6) is -0.174. The molecule has 122 valence electrons. The quantitative estimate of drug-likeness (QED) is 0.650. The van der Waals surface area contributed by atoms with Crippen molar-refractivity contribution in [1.29, 1.82) is 0 Å². The maximum Gasteiger partial charge on any atom is 0.320 e. The van der Waals surface area contributed by atoms with Crippen molar-refractivity contribution in [1.82, 2.24) is 5.32 Å². The summed E-state index contributed by atoms with van der Waals surface area (Å²) in [5, 5.41) is 12.0. The van der Waals surface area contributed by atoms with Crippen LogP contribution in [0.25, 0.3) is 0 Å². The molecule has 1 aromatic rings. The number of benzene rings is 1. The Balaban J connectivity index is 2.46. The molecule has 0 fully saturated rings. The first-order valence-electron chi connectivity index (χ1n) is 7.68. The average Bonchev–Trinajstić information content (AvgIpc) is 2.49. The summed E-state index contributed by atoms with van der Waals surface area (Å²) in [6.07, 6.45) is 1.21. The zero-order chi connectivity index (χ0) is 16.5. The van der Waals surface area contributed by atoms with Crippen molar-refractivity contribution in [2.45, 2.75) is 39.7 Å². The van der Waals surface area contributed by atoms with Gasteiger partial charge in [-0.05, 0) is 36.6 Å². The lowest BCUT2D eigenvalue weighted by Gasteiger charge is -2.17. The molecule has 0 bridgehead atoms. The molecule has 0 unspecified atom stereocenters. The van der Waals surface area contributed by atoms with E-state index in [0.29, 0.717) is 18.7 Å². The number of ether oxygens (including phenoxy) is 1. The first-order chi connectivity index (χ1) is 10.5. The molecule has 0 aliphatic rings. The van der Waals surface area contributed by atoms with Gasteiger partial charge in [0.2, 0.25) is 0 Å². The Morgan fingerprint density at radius 2 is 1.86 bits per heavy atom. The van der Waals surface area contributed by atoms with Crippen molar-refractivity contribution in [3.05, 3.63) is 29.8 Å².